The Bertz CT molecular complexity index is 219. The van der Waals surface area contributed by atoms with Crippen molar-refractivity contribution in [1.82, 2.24) is 0 Å². The number of hydrogen-bond donors (Lipinski definition) is 0. The Morgan fingerprint density at radius 1 is 1.29 bits per heavy atom. The Morgan fingerprint density at radius 3 is 2.36 bits per heavy atom. The van der Waals surface area contributed by atoms with Gasteiger partial charge in [-0.3, -0.25) is 9.59 Å². The second-order valence-electron chi connectivity index (χ2n) is 3.03. The molecular formula is C11H18O3. The highest BCUT2D eigenvalue weighted by Crippen LogP contribution is 2.08. The predicted molar refractivity (Wildman–Crippen MR) is 54.9 cm³/mol. The van der Waals surface area contributed by atoms with Gasteiger partial charge in [-0.05, 0) is 26.7 Å². The van der Waals surface area contributed by atoms with Gasteiger partial charge in [0.15, 0.2) is 0 Å². The van der Waals surface area contributed by atoms with E-state index in [0.29, 0.717) is 13.0 Å². The van der Waals surface area contributed by atoms with Crippen LogP contribution in [0.15, 0.2) is 12.2 Å². The van der Waals surface area contributed by atoms with E-state index in [1.807, 2.05) is 19.1 Å². The smallest absolute Gasteiger partial charge is 0.316 e. The van der Waals surface area contributed by atoms with Crippen molar-refractivity contribution in [3.8, 4) is 0 Å². The molecule has 0 aromatic heterocycles. The lowest BCUT2D eigenvalue weighted by molar-refractivity contribution is -0.150. The highest BCUT2D eigenvalue weighted by molar-refractivity contribution is 5.97. The van der Waals surface area contributed by atoms with E-state index in [1.165, 1.54) is 6.92 Å². The Kier molecular flexibility index (Phi) is 6.72. The molecule has 0 saturated carbocycles. The number of rotatable bonds is 6. The normalized spacial score (nSPS) is 12.8. The van der Waals surface area contributed by atoms with Crippen molar-refractivity contribution in [3.05, 3.63) is 12.2 Å². The van der Waals surface area contributed by atoms with Gasteiger partial charge in [-0.25, -0.2) is 0 Å². The van der Waals surface area contributed by atoms with Crippen LogP contribution in [-0.4, -0.2) is 18.4 Å². The second kappa shape index (κ2) is 7.30. The molecule has 0 aromatic rings. The molecule has 3 heteroatoms. The molecule has 1 unspecified atom stereocenters. The van der Waals surface area contributed by atoms with Gasteiger partial charge in [0.1, 0.15) is 11.7 Å². The summed E-state index contributed by atoms with van der Waals surface area (Å²) in [5, 5.41) is 0. The van der Waals surface area contributed by atoms with Crippen LogP contribution in [0, 0.1) is 5.92 Å². The molecule has 0 rings (SSSR count). The molecule has 0 aromatic carbocycles. The third kappa shape index (κ3) is 4.80. The second-order valence-corrected chi connectivity index (χ2v) is 3.03. The summed E-state index contributed by atoms with van der Waals surface area (Å²) in [6.07, 6.45) is 5.15. The number of esters is 1. The molecule has 0 aliphatic carbocycles. The van der Waals surface area contributed by atoms with Gasteiger partial charge in [-0.1, -0.05) is 19.1 Å². The highest BCUT2D eigenvalue weighted by Gasteiger charge is 2.22. The quantitative estimate of drug-likeness (QED) is 0.373. The lowest BCUT2D eigenvalue weighted by Crippen LogP contribution is -2.23. The minimum Gasteiger partial charge on any atom is -0.465 e. The van der Waals surface area contributed by atoms with Crippen molar-refractivity contribution >= 4 is 11.8 Å². The van der Waals surface area contributed by atoms with Crippen LogP contribution in [0.5, 0.6) is 0 Å². The van der Waals surface area contributed by atoms with E-state index in [9.17, 15) is 9.59 Å². The first-order valence-electron chi connectivity index (χ1n) is 4.95. The van der Waals surface area contributed by atoms with E-state index in [0.717, 1.165) is 6.42 Å². The third-order valence-corrected chi connectivity index (χ3v) is 1.84. The molecule has 80 valence electrons. The number of Topliss-reactive ketones (excluding diaryl/α,β-unsaturated/α-hetero) is 1. The Labute approximate surface area is 85.1 Å². The molecule has 0 N–H and O–H groups in total. The van der Waals surface area contributed by atoms with Gasteiger partial charge in [0, 0.05) is 0 Å². The number of hydrogen-bond acceptors (Lipinski definition) is 3. The molecule has 0 bridgehead atoms. The molecular weight excluding hydrogens is 180 g/mol. The maximum atomic E-state index is 11.3. The van der Waals surface area contributed by atoms with Crippen molar-refractivity contribution in [1.29, 1.82) is 0 Å². The summed E-state index contributed by atoms with van der Waals surface area (Å²) < 4.78 is 4.80. The highest BCUT2D eigenvalue weighted by atomic mass is 16.5. The third-order valence-electron chi connectivity index (χ3n) is 1.84. The predicted octanol–water partition coefficient (Wildman–Crippen LogP) is 2.11. The number of allylic oxidation sites excluding steroid dienone is 2. The minimum absolute atomic E-state index is 0.135. The van der Waals surface area contributed by atoms with Crippen LogP contribution >= 0.6 is 0 Å². The summed E-state index contributed by atoms with van der Waals surface area (Å²) in [7, 11) is 0. The summed E-state index contributed by atoms with van der Waals surface area (Å²) >= 11 is 0. The summed E-state index contributed by atoms with van der Waals surface area (Å²) in [5.74, 6) is -1.18. The molecule has 0 fully saturated rings. The van der Waals surface area contributed by atoms with E-state index in [4.69, 9.17) is 4.74 Å². The zero-order valence-electron chi connectivity index (χ0n) is 9.08. The summed E-state index contributed by atoms with van der Waals surface area (Å²) in [6, 6.07) is 0. The van der Waals surface area contributed by atoms with Crippen LogP contribution in [0.1, 0.15) is 33.6 Å². The average Bonchev–Trinajstić information content (AvgIpc) is 2.12. The molecule has 0 amide bonds. The standard InChI is InChI=1S/C11H18O3/c1-4-6-7-8-10(9(3)12)11(13)14-5-2/h6-7,10H,4-5,8H2,1-3H3/b7-6-. The van der Waals surface area contributed by atoms with Crippen molar-refractivity contribution in [2.24, 2.45) is 5.92 Å². The van der Waals surface area contributed by atoms with Crippen LogP contribution in [0.3, 0.4) is 0 Å². The van der Waals surface area contributed by atoms with E-state index < -0.39 is 11.9 Å². The first-order chi connectivity index (χ1) is 6.63. The fraction of sp³-hybridized carbons (Fsp3) is 0.636. The van der Waals surface area contributed by atoms with E-state index >= 15 is 0 Å². The topological polar surface area (TPSA) is 43.4 Å². The number of ether oxygens (including phenoxy) is 1. The van der Waals surface area contributed by atoms with Gasteiger partial charge in [-0.15, -0.1) is 0 Å². The molecule has 0 saturated heterocycles. The van der Waals surface area contributed by atoms with E-state index in [-0.39, 0.29) is 5.78 Å². The molecule has 1 atom stereocenters. The van der Waals surface area contributed by atoms with Crippen molar-refractivity contribution in [2.45, 2.75) is 33.6 Å². The average molecular weight is 198 g/mol. The maximum absolute atomic E-state index is 11.3. The van der Waals surface area contributed by atoms with Crippen LogP contribution < -0.4 is 0 Å². The van der Waals surface area contributed by atoms with Gasteiger partial charge >= 0.3 is 5.97 Å². The van der Waals surface area contributed by atoms with Crippen molar-refractivity contribution < 1.29 is 14.3 Å². The molecule has 0 aliphatic heterocycles. The Hall–Kier alpha value is -1.12. The van der Waals surface area contributed by atoms with Gasteiger partial charge in [0.05, 0.1) is 6.61 Å². The SMILES string of the molecule is CC/C=C\CC(C(C)=O)C(=O)OCC. The first kappa shape index (κ1) is 12.9. The monoisotopic (exact) mass is 198 g/mol. The van der Waals surface area contributed by atoms with Crippen molar-refractivity contribution in [3.63, 3.8) is 0 Å². The van der Waals surface area contributed by atoms with Crippen LogP contribution in [0.25, 0.3) is 0 Å². The molecule has 0 radical (unpaired) electrons. The summed E-state index contributed by atoms with van der Waals surface area (Å²) in [5.41, 5.74) is 0. The van der Waals surface area contributed by atoms with Crippen LogP contribution in [0.4, 0.5) is 0 Å². The Balaban J connectivity index is 4.22. The van der Waals surface area contributed by atoms with Gasteiger partial charge < -0.3 is 4.74 Å². The lowest BCUT2D eigenvalue weighted by atomic mass is 10.0. The Morgan fingerprint density at radius 2 is 1.93 bits per heavy atom. The fourth-order valence-electron chi connectivity index (χ4n) is 1.07. The van der Waals surface area contributed by atoms with Gasteiger partial charge in [0.25, 0.3) is 0 Å². The minimum atomic E-state index is -0.627. The van der Waals surface area contributed by atoms with Gasteiger partial charge in [-0.2, -0.15) is 0 Å². The summed E-state index contributed by atoms with van der Waals surface area (Å²) in [6.45, 7) is 5.47. The molecule has 0 spiro atoms. The lowest BCUT2D eigenvalue weighted by Gasteiger charge is -2.09. The number of carbonyl (C=O) groups excluding carboxylic acids is 2. The van der Waals surface area contributed by atoms with E-state index in [1.54, 1.807) is 6.92 Å². The number of carbonyl (C=O) groups is 2. The molecule has 0 heterocycles. The zero-order chi connectivity index (χ0) is 11.0. The zero-order valence-corrected chi connectivity index (χ0v) is 9.08. The molecule has 0 aliphatic rings. The fourth-order valence-corrected chi connectivity index (χ4v) is 1.07. The first-order valence-corrected chi connectivity index (χ1v) is 4.95. The van der Waals surface area contributed by atoms with Crippen molar-refractivity contribution in [2.75, 3.05) is 6.61 Å². The van der Waals surface area contributed by atoms with E-state index in [2.05, 4.69) is 0 Å². The summed E-state index contributed by atoms with van der Waals surface area (Å²) in [4.78, 5) is 22.4. The molecule has 3 nitrogen and oxygen atoms in total. The van der Waals surface area contributed by atoms with Gasteiger partial charge in [0.2, 0.25) is 0 Å². The molecule has 14 heavy (non-hydrogen) atoms. The number of ketones is 1. The van der Waals surface area contributed by atoms with Crippen LogP contribution in [-0.2, 0) is 14.3 Å². The maximum Gasteiger partial charge on any atom is 0.316 e. The van der Waals surface area contributed by atoms with Crippen LogP contribution in [0.2, 0.25) is 0 Å². The largest absolute Gasteiger partial charge is 0.465 e.